The van der Waals surface area contributed by atoms with Crippen molar-refractivity contribution in [3.05, 3.63) is 0 Å². The quantitative estimate of drug-likeness (QED) is 0.642. The number of ether oxygens (including phenoxy) is 1. The Bertz CT molecular complexity index is 501. The molecule has 0 aromatic carbocycles. The zero-order valence-electron chi connectivity index (χ0n) is 13.5. The minimum Gasteiger partial charge on any atom is -0.450 e. The Morgan fingerprint density at radius 3 is 2.09 bits per heavy atom. The molecule has 0 atom stereocenters. The van der Waals surface area contributed by atoms with Crippen LogP contribution in [-0.2, 0) is 14.3 Å². The molecule has 0 bridgehead atoms. The van der Waals surface area contributed by atoms with Gasteiger partial charge in [-0.1, -0.05) is 0 Å². The molecule has 2 fully saturated rings. The first-order chi connectivity index (χ1) is 11.0. The van der Waals surface area contributed by atoms with Gasteiger partial charge in [0.1, 0.15) is 0 Å². The smallest absolute Gasteiger partial charge is 0.409 e. The molecule has 0 aromatic heterocycles. The summed E-state index contributed by atoms with van der Waals surface area (Å²) in [5.74, 6) is -1.42. The summed E-state index contributed by atoms with van der Waals surface area (Å²) < 4.78 is 4.92. The molecule has 23 heavy (non-hydrogen) atoms. The zero-order chi connectivity index (χ0) is 17.0. The van der Waals surface area contributed by atoms with E-state index in [2.05, 4.69) is 0 Å². The van der Waals surface area contributed by atoms with Gasteiger partial charge in [-0.15, -0.1) is 0 Å². The summed E-state index contributed by atoms with van der Waals surface area (Å²) in [7, 11) is 0. The number of piperazine rings is 2. The number of likely N-dealkylation sites (N-methyl/N-ethyl adjacent to an activating group) is 1. The van der Waals surface area contributed by atoms with Gasteiger partial charge in [0.05, 0.1) is 6.61 Å². The van der Waals surface area contributed by atoms with Gasteiger partial charge in [0.25, 0.3) is 0 Å². The average Bonchev–Trinajstić information content (AvgIpc) is 2.57. The van der Waals surface area contributed by atoms with E-state index in [0.717, 1.165) is 4.90 Å². The number of hydrogen-bond acceptors (Lipinski definition) is 5. The van der Waals surface area contributed by atoms with Crippen molar-refractivity contribution in [3.63, 3.8) is 0 Å². The maximum atomic E-state index is 12.4. The highest BCUT2D eigenvalue weighted by Gasteiger charge is 2.38. The molecule has 0 saturated carbocycles. The van der Waals surface area contributed by atoms with E-state index in [4.69, 9.17) is 4.74 Å². The minimum absolute atomic E-state index is 0.204. The first-order valence-electron chi connectivity index (χ1n) is 7.81. The van der Waals surface area contributed by atoms with Crippen molar-refractivity contribution in [2.24, 2.45) is 0 Å². The maximum absolute atomic E-state index is 12.4. The number of carbonyl (C=O) groups excluding carboxylic acids is 4. The molecule has 2 aliphatic rings. The monoisotopic (exact) mass is 326 g/mol. The standard InChI is InChI=1S/C14H22N4O5/c1-3-15-9-10-18(12(20)11(15)19)13(21)16-5-7-17(8-6-16)14(22)23-4-2/h3-10H2,1-2H3. The van der Waals surface area contributed by atoms with Crippen LogP contribution < -0.4 is 0 Å². The van der Waals surface area contributed by atoms with Crippen molar-refractivity contribution < 1.29 is 23.9 Å². The van der Waals surface area contributed by atoms with E-state index < -0.39 is 23.9 Å². The van der Waals surface area contributed by atoms with E-state index in [9.17, 15) is 19.2 Å². The third kappa shape index (κ3) is 3.54. The second kappa shape index (κ2) is 7.30. The number of rotatable bonds is 2. The summed E-state index contributed by atoms with van der Waals surface area (Å²) in [6.07, 6.45) is -0.401. The van der Waals surface area contributed by atoms with Crippen LogP contribution in [0.25, 0.3) is 0 Å². The van der Waals surface area contributed by atoms with Crippen molar-refractivity contribution >= 4 is 23.9 Å². The molecule has 128 valence electrons. The summed E-state index contributed by atoms with van der Waals surface area (Å²) in [4.78, 5) is 53.4. The Kier molecular flexibility index (Phi) is 5.41. The SMILES string of the molecule is CCOC(=O)N1CCN(C(=O)N2CCN(CC)C(=O)C2=O)CC1. The molecule has 0 aliphatic carbocycles. The number of nitrogens with zero attached hydrogens (tertiary/aromatic N) is 4. The maximum Gasteiger partial charge on any atom is 0.409 e. The lowest BCUT2D eigenvalue weighted by molar-refractivity contribution is -0.154. The van der Waals surface area contributed by atoms with Crippen molar-refractivity contribution in [3.8, 4) is 0 Å². The van der Waals surface area contributed by atoms with E-state index >= 15 is 0 Å². The molecule has 0 aromatic rings. The molecule has 0 radical (unpaired) electrons. The van der Waals surface area contributed by atoms with Gasteiger partial charge in [0, 0.05) is 45.8 Å². The lowest BCUT2D eigenvalue weighted by Crippen LogP contribution is -2.61. The van der Waals surface area contributed by atoms with Crippen molar-refractivity contribution in [1.82, 2.24) is 19.6 Å². The van der Waals surface area contributed by atoms with Crippen LogP contribution in [0.4, 0.5) is 9.59 Å². The first-order valence-corrected chi connectivity index (χ1v) is 7.81. The van der Waals surface area contributed by atoms with Crippen LogP contribution >= 0.6 is 0 Å². The predicted octanol–water partition coefficient (Wildman–Crippen LogP) is -0.429. The van der Waals surface area contributed by atoms with Gasteiger partial charge in [-0.2, -0.15) is 0 Å². The Morgan fingerprint density at radius 2 is 1.52 bits per heavy atom. The highest BCUT2D eigenvalue weighted by Crippen LogP contribution is 2.11. The predicted molar refractivity (Wildman–Crippen MR) is 79.5 cm³/mol. The van der Waals surface area contributed by atoms with Crippen LogP contribution in [0, 0.1) is 0 Å². The highest BCUT2D eigenvalue weighted by atomic mass is 16.6. The van der Waals surface area contributed by atoms with Gasteiger partial charge in [-0.25, -0.2) is 9.59 Å². The molecule has 0 N–H and O–H groups in total. The lowest BCUT2D eigenvalue weighted by Gasteiger charge is -2.38. The van der Waals surface area contributed by atoms with Crippen molar-refractivity contribution in [1.29, 1.82) is 0 Å². The number of imide groups is 1. The molecular formula is C14H22N4O5. The molecule has 2 saturated heterocycles. The fourth-order valence-corrected chi connectivity index (χ4v) is 2.62. The van der Waals surface area contributed by atoms with E-state index in [1.165, 1.54) is 14.7 Å². The Balaban J connectivity index is 1.91. The van der Waals surface area contributed by atoms with Crippen LogP contribution in [0.5, 0.6) is 0 Å². The van der Waals surface area contributed by atoms with Gasteiger partial charge in [0.2, 0.25) is 0 Å². The zero-order valence-corrected chi connectivity index (χ0v) is 13.5. The largest absolute Gasteiger partial charge is 0.450 e. The van der Waals surface area contributed by atoms with Crippen LogP contribution in [0.2, 0.25) is 0 Å². The average molecular weight is 326 g/mol. The Morgan fingerprint density at radius 1 is 0.913 bits per heavy atom. The lowest BCUT2D eigenvalue weighted by atomic mass is 10.3. The summed E-state index contributed by atoms with van der Waals surface area (Å²) in [6, 6.07) is -0.470. The van der Waals surface area contributed by atoms with Crippen LogP contribution in [0.1, 0.15) is 13.8 Å². The third-order valence-electron chi connectivity index (χ3n) is 4.00. The van der Waals surface area contributed by atoms with Crippen molar-refractivity contribution in [2.75, 3.05) is 52.4 Å². The van der Waals surface area contributed by atoms with Crippen LogP contribution in [-0.4, -0.2) is 96.0 Å². The highest BCUT2D eigenvalue weighted by molar-refractivity contribution is 6.38. The molecule has 2 heterocycles. The summed E-state index contributed by atoms with van der Waals surface area (Å²) in [5.41, 5.74) is 0. The minimum atomic E-state index is -0.782. The number of urea groups is 1. The fourth-order valence-electron chi connectivity index (χ4n) is 2.62. The van der Waals surface area contributed by atoms with E-state index in [-0.39, 0.29) is 6.54 Å². The molecule has 9 heteroatoms. The number of hydrogen-bond donors (Lipinski definition) is 0. The van der Waals surface area contributed by atoms with E-state index in [0.29, 0.717) is 45.9 Å². The molecule has 0 spiro atoms. The summed E-state index contributed by atoms with van der Waals surface area (Å²) in [6.45, 7) is 6.16. The Labute approximate surface area is 134 Å². The third-order valence-corrected chi connectivity index (χ3v) is 4.00. The van der Waals surface area contributed by atoms with E-state index in [1.54, 1.807) is 13.8 Å². The van der Waals surface area contributed by atoms with Gasteiger partial charge in [-0.3, -0.25) is 14.5 Å². The molecule has 5 amide bonds. The van der Waals surface area contributed by atoms with Gasteiger partial charge in [0.15, 0.2) is 0 Å². The molecule has 2 aliphatic heterocycles. The fraction of sp³-hybridized carbons (Fsp3) is 0.714. The summed E-state index contributed by atoms with van der Waals surface area (Å²) >= 11 is 0. The number of amides is 5. The second-order valence-corrected chi connectivity index (χ2v) is 5.30. The molecule has 9 nitrogen and oxygen atoms in total. The van der Waals surface area contributed by atoms with Crippen molar-refractivity contribution in [2.45, 2.75) is 13.8 Å². The van der Waals surface area contributed by atoms with Crippen LogP contribution in [0.15, 0.2) is 0 Å². The van der Waals surface area contributed by atoms with Gasteiger partial charge >= 0.3 is 23.9 Å². The number of carbonyl (C=O) groups is 4. The molecule has 2 rings (SSSR count). The van der Waals surface area contributed by atoms with E-state index in [1.807, 2.05) is 0 Å². The van der Waals surface area contributed by atoms with Gasteiger partial charge in [-0.05, 0) is 13.8 Å². The normalized spacial score (nSPS) is 19.2. The molecule has 0 unspecified atom stereocenters. The van der Waals surface area contributed by atoms with Gasteiger partial charge < -0.3 is 19.4 Å². The second-order valence-electron chi connectivity index (χ2n) is 5.30. The summed E-state index contributed by atoms with van der Waals surface area (Å²) in [5, 5.41) is 0. The van der Waals surface area contributed by atoms with Crippen LogP contribution in [0.3, 0.4) is 0 Å². The molecular weight excluding hydrogens is 304 g/mol. The first kappa shape index (κ1) is 17.0. The Hall–Kier alpha value is -2.32. The topological polar surface area (TPSA) is 90.5 Å².